The summed E-state index contributed by atoms with van der Waals surface area (Å²) in [6.45, 7) is 1.90. The first-order valence-electron chi connectivity index (χ1n) is 5.08. The maximum absolute atomic E-state index is 5.32. The zero-order valence-electron chi connectivity index (χ0n) is 9.40. The molecule has 0 saturated heterocycles. The van der Waals surface area contributed by atoms with Crippen LogP contribution in [0, 0.1) is 0 Å². The van der Waals surface area contributed by atoms with Crippen LogP contribution in [0.15, 0.2) is 41.5 Å². The summed E-state index contributed by atoms with van der Waals surface area (Å²) in [5, 5.41) is 5.92. The molecule has 0 atom stereocenters. The molecule has 0 fully saturated rings. The summed E-state index contributed by atoms with van der Waals surface area (Å²) in [7, 11) is 1.67. The zero-order chi connectivity index (χ0) is 11.5. The molecule has 2 N–H and O–H groups in total. The van der Waals surface area contributed by atoms with Crippen LogP contribution in [-0.4, -0.2) is 12.8 Å². The Bertz CT molecular complexity index is 547. The monoisotopic (exact) mass is 214 g/mol. The number of hydrazone groups is 1. The third kappa shape index (κ3) is 1.60. The van der Waals surface area contributed by atoms with E-state index in [-0.39, 0.29) is 0 Å². The molecular weight excluding hydrogens is 200 g/mol. The van der Waals surface area contributed by atoms with E-state index in [1.54, 1.807) is 7.11 Å². The molecule has 0 unspecified atom stereocenters. The van der Waals surface area contributed by atoms with E-state index in [9.17, 15) is 0 Å². The third-order valence-corrected chi connectivity index (χ3v) is 2.69. The zero-order valence-corrected chi connectivity index (χ0v) is 9.40. The fourth-order valence-corrected chi connectivity index (χ4v) is 1.83. The second kappa shape index (κ2) is 4.23. The van der Waals surface area contributed by atoms with Crippen molar-refractivity contribution in [3.8, 4) is 5.75 Å². The van der Waals surface area contributed by atoms with E-state index >= 15 is 0 Å². The Balaban J connectivity index is 2.79. The van der Waals surface area contributed by atoms with Gasteiger partial charge in [-0.2, -0.15) is 5.10 Å². The molecule has 2 aromatic rings. The summed E-state index contributed by atoms with van der Waals surface area (Å²) >= 11 is 0. The lowest BCUT2D eigenvalue weighted by Crippen LogP contribution is -2.00. The van der Waals surface area contributed by atoms with E-state index in [4.69, 9.17) is 10.6 Å². The lowest BCUT2D eigenvalue weighted by molar-refractivity contribution is 0.420. The predicted molar refractivity (Wildman–Crippen MR) is 66.9 cm³/mol. The van der Waals surface area contributed by atoms with Crippen molar-refractivity contribution in [2.24, 2.45) is 10.9 Å². The molecule has 0 bridgehead atoms. The molecule has 3 heteroatoms. The molecule has 16 heavy (non-hydrogen) atoms. The first-order valence-corrected chi connectivity index (χ1v) is 5.08. The van der Waals surface area contributed by atoms with E-state index in [0.29, 0.717) is 0 Å². The summed E-state index contributed by atoms with van der Waals surface area (Å²) in [6, 6.07) is 12.0. The molecule has 0 aliphatic carbocycles. The average molecular weight is 214 g/mol. The molecule has 0 aliphatic rings. The third-order valence-electron chi connectivity index (χ3n) is 2.69. The smallest absolute Gasteiger partial charge is 0.126 e. The quantitative estimate of drug-likeness (QED) is 0.474. The van der Waals surface area contributed by atoms with Gasteiger partial charge in [-0.1, -0.05) is 24.3 Å². The molecule has 0 amide bonds. The summed E-state index contributed by atoms with van der Waals surface area (Å²) < 4.78 is 5.32. The Kier molecular flexibility index (Phi) is 2.77. The van der Waals surface area contributed by atoms with Gasteiger partial charge in [0.1, 0.15) is 5.75 Å². The molecule has 2 aromatic carbocycles. The molecule has 3 nitrogen and oxygen atoms in total. The summed E-state index contributed by atoms with van der Waals surface area (Å²) in [5.41, 5.74) is 1.86. The number of methoxy groups -OCH3 is 1. The number of nitrogens with two attached hydrogens (primary N) is 1. The van der Waals surface area contributed by atoms with Gasteiger partial charge >= 0.3 is 0 Å². The van der Waals surface area contributed by atoms with E-state index in [1.165, 1.54) is 0 Å². The van der Waals surface area contributed by atoms with Gasteiger partial charge in [0.2, 0.25) is 0 Å². The Labute approximate surface area is 94.5 Å². The van der Waals surface area contributed by atoms with Gasteiger partial charge in [0.25, 0.3) is 0 Å². The van der Waals surface area contributed by atoms with Crippen molar-refractivity contribution in [2.75, 3.05) is 7.11 Å². The van der Waals surface area contributed by atoms with Crippen molar-refractivity contribution in [1.82, 2.24) is 0 Å². The molecule has 0 aliphatic heterocycles. The number of hydrogen-bond acceptors (Lipinski definition) is 3. The summed E-state index contributed by atoms with van der Waals surface area (Å²) in [6.07, 6.45) is 0. The van der Waals surface area contributed by atoms with E-state index in [0.717, 1.165) is 27.8 Å². The number of rotatable bonds is 2. The highest BCUT2D eigenvalue weighted by atomic mass is 16.5. The first-order chi connectivity index (χ1) is 7.77. The standard InChI is InChI=1S/C13H14N2O/c1-9(15-14)10-7-8-13(16-2)12-6-4-3-5-11(10)12/h3-8H,14H2,1-2H3/b15-9-. The van der Waals surface area contributed by atoms with Gasteiger partial charge in [0.05, 0.1) is 12.8 Å². The number of fused-ring (bicyclic) bond motifs is 1. The van der Waals surface area contributed by atoms with Crippen molar-refractivity contribution in [1.29, 1.82) is 0 Å². The second-order valence-electron chi connectivity index (χ2n) is 3.58. The highest BCUT2D eigenvalue weighted by Crippen LogP contribution is 2.28. The molecule has 0 heterocycles. The predicted octanol–water partition coefficient (Wildman–Crippen LogP) is 2.53. The molecule has 82 valence electrons. The van der Waals surface area contributed by atoms with Crippen LogP contribution in [0.5, 0.6) is 5.75 Å². The highest BCUT2D eigenvalue weighted by molar-refractivity contribution is 6.10. The maximum Gasteiger partial charge on any atom is 0.126 e. The largest absolute Gasteiger partial charge is 0.496 e. The van der Waals surface area contributed by atoms with Gasteiger partial charge in [-0.15, -0.1) is 0 Å². The molecular formula is C13H14N2O. The van der Waals surface area contributed by atoms with Crippen molar-refractivity contribution in [2.45, 2.75) is 6.92 Å². The van der Waals surface area contributed by atoms with Crippen molar-refractivity contribution in [3.63, 3.8) is 0 Å². The van der Waals surface area contributed by atoms with Crippen LogP contribution in [-0.2, 0) is 0 Å². The van der Waals surface area contributed by atoms with Crippen LogP contribution in [0.25, 0.3) is 10.8 Å². The van der Waals surface area contributed by atoms with Crippen LogP contribution in [0.2, 0.25) is 0 Å². The second-order valence-corrected chi connectivity index (χ2v) is 3.58. The number of nitrogens with zero attached hydrogens (tertiary/aromatic N) is 1. The number of ether oxygens (including phenoxy) is 1. The van der Waals surface area contributed by atoms with Gasteiger partial charge in [0.15, 0.2) is 0 Å². The first kappa shape index (κ1) is 10.5. The minimum atomic E-state index is 0.818. The summed E-state index contributed by atoms with van der Waals surface area (Å²) in [5.74, 6) is 6.19. The Hall–Kier alpha value is -2.03. The normalized spacial score (nSPS) is 11.8. The van der Waals surface area contributed by atoms with Crippen LogP contribution in [0.4, 0.5) is 0 Å². The Morgan fingerprint density at radius 3 is 2.44 bits per heavy atom. The van der Waals surface area contributed by atoms with Gasteiger partial charge in [-0.05, 0) is 24.4 Å². The van der Waals surface area contributed by atoms with Gasteiger partial charge < -0.3 is 10.6 Å². The van der Waals surface area contributed by atoms with Crippen molar-refractivity contribution in [3.05, 3.63) is 42.0 Å². The lowest BCUT2D eigenvalue weighted by Gasteiger charge is -2.09. The molecule has 2 rings (SSSR count). The van der Waals surface area contributed by atoms with E-state index in [2.05, 4.69) is 5.10 Å². The molecule has 0 spiro atoms. The maximum atomic E-state index is 5.32. The van der Waals surface area contributed by atoms with Crippen LogP contribution >= 0.6 is 0 Å². The van der Waals surface area contributed by atoms with E-state index < -0.39 is 0 Å². The molecule has 0 radical (unpaired) electrons. The fraction of sp³-hybridized carbons (Fsp3) is 0.154. The fourth-order valence-electron chi connectivity index (χ4n) is 1.83. The van der Waals surface area contributed by atoms with Gasteiger partial charge in [-0.25, -0.2) is 0 Å². The number of hydrogen-bond donors (Lipinski definition) is 1. The van der Waals surface area contributed by atoms with Crippen molar-refractivity contribution >= 4 is 16.5 Å². The Morgan fingerprint density at radius 2 is 1.81 bits per heavy atom. The van der Waals surface area contributed by atoms with Crippen LogP contribution in [0.1, 0.15) is 12.5 Å². The molecule has 0 aromatic heterocycles. The highest BCUT2D eigenvalue weighted by Gasteiger charge is 2.07. The minimum absolute atomic E-state index is 0.818. The summed E-state index contributed by atoms with van der Waals surface area (Å²) in [4.78, 5) is 0. The minimum Gasteiger partial charge on any atom is -0.496 e. The topological polar surface area (TPSA) is 47.6 Å². The van der Waals surface area contributed by atoms with E-state index in [1.807, 2.05) is 43.3 Å². The van der Waals surface area contributed by atoms with Gasteiger partial charge in [-0.3, -0.25) is 0 Å². The van der Waals surface area contributed by atoms with Gasteiger partial charge in [0, 0.05) is 10.9 Å². The molecule has 0 saturated carbocycles. The lowest BCUT2D eigenvalue weighted by atomic mass is 10.0. The average Bonchev–Trinajstić information content (AvgIpc) is 2.36. The van der Waals surface area contributed by atoms with Crippen molar-refractivity contribution < 1.29 is 4.74 Å². The van der Waals surface area contributed by atoms with Crippen LogP contribution < -0.4 is 10.6 Å². The SMILES string of the molecule is COc1ccc(/C(C)=N\N)c2ccccc12. The Morgan fingerprint density at radius 1 is 1.12 bits per heavy atom. The van der Waals surface area contributed by atoms with Crippen LogP contribution in [0.3, 0.4) is 0 Å². The number of benzene rings is 2.